The summed E-state index contributed by atoms with van der Waals surface area (Å²) in [5, 5.41) is 7.53. The highest BCUT2D eigenvalue weighted by Crippen LogP contribution is 2.29. The molecule has 0 aliphatic rings. The van der Waals surface area contributed by atoms with Crippen molar-refractivity contribution in [3.05, 3.63) is 30.0 Å². The predicted molar refractivity (Wildman–Crippen MR) is 100 cm³/mol. The van der Waals surface area contributed by atoms with Crippen molar-refractivity contribution < 1.29 is 19.2 Å². The smallest absolute Gasteiger partial charge is 0.331 e. The van der Waals surface area contributed by atoms with Gasteiger partial charge in [0, 0.05) is 31.0 Å². The van der Waals surface area contributed by atoms with E-state index in [0.29, 0.717) is 36.4 Å². The molecule has 0 radical (unpaired) electrons. The molecule has 0 fully saturated rings. The third-order valence-electron chi connectivity index (χ3n) is 3.82. The standard InChI is InChI=1S/C19H23N3O4/c1-12-8-9-20-19-16(12)10-15(25-4)11-17(19)21-18(24)7-5-6-13(2)22-26-14(3)23/h8-11H,5-7H2,1-4H3,(H,21,24)/b22-13+. The quantitative estimate of drug-likeness (QED) is 0.464. The van der Waals surface area contributed by atoms with Crippen LogP contribution in [-0.2, 0) is 14.4 Å². The van der Waals surface area contributed by atoms with Crippen molar-refractivity contribution in [2.45, 2.75) is 40.0 Å². The molecule has 2 aromatic rings. The number of amides is 1. The predicted octanol–water partition coefficient (Wildman–Crippen LogP) is 3.60. The molecule has 0 atom stereocenters. The van der Waals surface area contributed by atoms with Gasteiger partial charge in [-0.3, -0.25) is 9.78 Å². The molecule has 7 heteroatoms. The SMILES string of the molecule is COc1cc(NC(=O)CCC/C(C)=N/OC(C)=O)c2nccc(C)c2c1. The molecule has 1 aromatic carbocycles. The number of rotatable bonds is 7. The van der Waals surface area contributed by atoms with Crippen molar-refractivity contribution in [3.63, 3.8) is 0 Å². The Morgan fingerprint density at radius 2 is 2.00 bits per heavy atom. The zero-order valence-corrected chi connectivity index (χ0v) is 15.5. The maximum Gasteiger partial charge on any atom is 0.331 e. The molecule has 1 amide bonds. The van der Waals surface area contributed by atoms with Crippen molar-refractivity contribution in [2.75, 3.05) is 12.4 Å². The van der Waals surface area contributed by atoms with Gasteiger partial charge in [0.2, 0.25) is 5.91 Å². The Hall–Kier alpha value is -2.96. The van der Waals surface area contributed by atoms with Crippen LogP contribution in [0.2, 0.25) is 0 Å². The summed E-state index contributed by atoms with van der Waals surface area (Å²) in [5.74, 6) is 0.0752. The van der Waals surface area contributed by atoms with Crippen LogP contribution < -0.4 is 10.1 Å². The minimum Gasteiger partial charge on any atom is -0.497 e. The molecular formula is C19H23N3O4. The van der Waals surface area contributed by atoms with Crippen molar-refractivity contribution in [1.29, 1.82) is 0 Å². The summed E-state index contributed by atoms with van der Waals surface area (Å²) in [5.41, 5.74) is 3.07. The van der Waals surface area contributed by atoms with Gasteiger partial charge in [0.05, 0.1) is 24.0 Å². The highest BCUT2D eigenvalue weighted by Gasteiger charge is 2.11. The Balaban J connectivity index is 2.04. The van der Waals surface area contributed by atoms with Gasteiger partial charge in [0.1, 0.15) is 5.75 Å². The van der Waals surface area contributed by atoms with Crippen LogP contribution in [0.25, 0.3) is 10.9 Å². The Bertz CT molecular complexity index is 846. The summed E-state index contributed by atoms with van der Waals surface area (Å²) in [6, 6.07) is 5.58. The summed E-state index contributed by atoms with van der Waals surface area (Å²) >= 11 is 0. The molecule has 2 rings (SSSR count). The largest absolute Gasteiger partial charge is 0.497 e. The average Bonchev–Trinajstić information content (AvgIpc) is 2.60. The van der Waals surface area contributed by atoms with Crippen molar-refractivity contribution in [1.82, 2.24) is 4.98 Å². The van der Waals surface area contributed by atoms with Gasteiger partial charge in [-0.05, 0) is 44.4 Å². The number of benzene rings is 1. The Morgan fingerprint density at radius 1 is 1.23 bits per heavy atom. The molecule has 0 saturated carbocycles. The number of hydrogen-bond donors (Lipinski definition) is 1. The number of methoxy groups -OCH3 is 1. The number of aryl methyl sites for hydroxylation is 1. The van der Waals surface area contributed by atoms with Gasteiger partial charge >= 0.3 is 5.97 Å². The highest BCUT2D eigenvalue weighted by molar-refractivity contribution is 6.02. The molecule has 26 heavy (non-hydrogen) atoms. The molecule has 138 valence electrons. The highest BCUT2D eigenvalue weighted by atomic mass is 16.7. The van der Waals surface area contributed by atoms with Crippen LogP contribution in [0.3, 0.4) is 0 Å². The minimum absolute atomic E-state index is 0.122. The van der Waals surface area contributed by atoms with Crippen molar-refractivity contribution in [2.24, 2.45) is 5.16 Å². The second kappa shape index (κ2) is 8.94. The lowest BCUT2D eigenvalue weighted by molar-refractivity contribution is -0.141. The van der Waals surface area contributed by atoms with Gasteiger partial charge in [0.15, 0.2) is 0 Å². The maximum absolute atomic E-state index is 12.3. The molecule has 1 N–H and O–H groups in total. The molecule has 0 spiro atoms. The first kappa shape index (κ1) is 19.4. The Kier molecular flexibility index (Phi) is 6.66. The fourth-order valence-corrected chi connectivity index (χ4v) is 2.48. The molecule has 1 aromatic heterocycles. The second-order valence-electron chi connectivity index (χ2n) is 6.01. The monoisotopic (exact) mass is 357 g/mol. The van der Waals surface area contributed by atoms with Crippen LogP contribution >= 0.6 is 0 Å². The van der Waals surface area contributed by atoms with Gasteiger partial charge in [-0.15, -0.1) is 0 Å². The van der Waals surface area contributed by atoms with E-state index in [4.69, 9.17) is 4.74 Å². The molecule has 0 unspecified atom stereocenters. The van der Waals surface area contributed by atoms with Gasteiger partial charge in [-0.2, -0.15) is 0 Å². The van der Waals surface area contributed by atoms with E-state index in [-0.39, 0.29) is 5.91 Å². The Labute approximate surface area is 152 Å². The summed E-state index contributed by atoms with van der Waals surface area (Å²) in [4.78, 5) is 31.9. The summed E-state index contributed by atoms with van der Waals surface area (Å²) in [6.07, 6.45) is 3.19. The lowest BCUT2D eigenvalue weighted by Crippen LogP contribution is -2.12. The molecule has 0 bridgehead atoms. The van der Waals surface area contributed by atoms with Crippen LogP contribution in [-0.4, -0.2) is 29.7 Å². The van der Waals surface area contributed by atoms with E-state index in [1.165, 1.54) is 6.92 Å². The number of ether oxygens (including phenoxy) is 1. The third-order valence-corrected chi connectivity index (χ3v) is 3.82. The first-order chi connectivity index (χ1) is 12.4. The zero-order valence-electron chi connectivity index (χ0n) is 15.5. The normalized spacial score (nSPS) is 11.3. The van der Waals surface area contributed by atoms with E-state index in [0.717, 1.165) is 16.5 Å². The molecule has 0 aliphatic carbocycles. The number of hydrogen-bond acceptors (Lipinski definition) is 6. The van der Waals surface area contributed by atoms with Crippen LogP contribution in [0.15, 0.2) is 29.6 Å². The molecule has 1 heterocycles. The number of carbonyl (C=O) groups excluding carboxylic acids is 2. The zero-order chi connectivity index (χ0) is 19.1. The first-order valence-corrected chi connectivity index (χ1v) is 8.35. The van der Waals surface area contributed by atoms with E-state index in [1.807, 2.05) is 19.1 Å². The lowest BCUT2D eigenvalue weighted by Gasteiger charge is -2.12. The molecule has 7 nitrogen and oxygen atoms in total. The van der Waals surface area contributed by atoms with E-state index in [9.17, 15) is 9.59 Å². The number of carbonyl (C=O) groups is 2. The summed E-state index contributed by atoms with van der Waals surface area (Å²) in [6.45, 7) is 5.03. The number of nitrogens with zero attached hydrogens (tertiary/aromatic N) is 2. The summed E-state index contributed by atoms with van der Waals surface area (Å²) in [7, 11) is 1.59. The van der Waals surface area contributed by atoms with E-state index < -0.39 is 5.97 Å². The van der Waals surface area contributed by atoms with Gasteiger partial charge in [0.25, 0.3) is 0 Å². The molecular weight excluding hydrogens is 334 g/mol. The van der Waals surface area contributed by atoms with Crippen molar-refractivity contribution >= 4 is 34.2 Å². The van der Waals surface area contributed by atoms with Crippen molar-refractivity contribution in [3.8, 4) is 5.75 Å². The van der Waals surface area contributed by atoms with Crippen LogP contribution in [0.1, 0.15) is 38.7 Å². The van der Waals surface area contributed by atoms with Crippen LogP contribution in [0, 0.1) is 6.92 Å². The number of oxime groups is 1. The third kappa shape index (κ3) is 5.27. The number of anilines is 1. The Morgan fingerprint density at radius 3 is 2.69 bits per heavy atom. The molecule has 0 aliphatic heterocycles. The number of nitrogens with one attached hydrogen (secondary N) is 1. The second-order valence-corrected chi connectivity index (χ2v) is 6.01. The lowest BCUT2D eigenvalue weighted by atomic mass is 10.1. The van der Waals surface area contributed by atoms with Crippen LogP contribution in [0.5, 0.6) is 5.75 Å². The minimum atomic E-state index is -0.463. The molecule has 0 saturated heterocycles. The van der Waals surface area contributed by atoms with Gasteiger partial charge in [-0.25, -0.2) is 4.79 Å². The fraction of sp³-hybridized carbons (Fsp3) is 0.368. The topological polar surface area (TPSA) is 89.9 Å². The maximum atomic E-state index is 12.3. The summed E-state index contributed by atoms with van der Waals surface area (Å²) < 4.78 is 5.32. The fourth-order valence-electron chi connectivity index (χ4n) is 2.48. The first-order valence-electron chi connectivity index (χ1n) is 8.35. The number of aromatic nitrogens is 1. The van der Waals surface area contributed by atoms with E-state index in [2.05, 4.69) is 20.3 Å². The van der Waals surface area contributed by atoms with Gasteiger partial charge in [-0.1, -0.05) is 5.16 Å². The number of fused-ring (bicyclic) bond motifs is 1. The van der Waals surface area contributed by atoms with Crippen LogP contribution in [0.4, 0.5) is 5.69 Å². The van der Waals surface area contributed by atoms with E-state index >= 15 is 0 Å². The number of pyridine rings is 1. The van der Waals surface area contributed by atoms with E-state index in [1.54, 1.807) is 26.3 Å². The van der Waals surface area contributed by atoms with Gasteiger partial charge < -0.3 is 14.9 Å². The average molecular weight is 357 g/mol.